The van der Waals surface area contributed by atoms with Crippen molar-refractivity contribution in [3.63, 3.8) is 0 Å². The van der Waals surface area contributed by atoms with Gasteiger partial charge in [0.05, 0.1) is 6.04 Å². The molecule has 0 bridgehead atoms. The third kappa shape index (κ3) is 4.53. The Morgan fingerprint density at radius 1 is 1.33 bits per heavy atom. The number of likely N-dealkylation sites (tertiary alicyclic amines) is 1. The molecule has 0 atom stereocenters. The minimum atomic E-state index is -0.180. The molecule has 27 heavy (non-hydrogen) atoms. The molecule has 142 valence electrons. The second-order valence-corrected chi connectivity index (χ2v) is 6.36. The lowest BCUT2D eigenvalue weighted by Crippen LogP contribution is -2.57. The molecule has 8 heteroatoms. The fraction of sp³-hybridized carbons (Fsp3) is 0.316. The van der Waals surface area contributed by atoms with Crippen LogP contribution in [0.5, 0.6) is 0 Å². The van der Waals surface area contributed by atoms with Gasteiger partial charge in [-0.1, -0.05) is 6.08 Å². The quantitative estimate of drug-likeness (QED) is 0.541. The van der Waals surface area contributed by atoms with Crippen molar-refractivity contribution in [2.75, 3.05) is 44.4 Å². The molecule has 0 spiro atoms. The summed E-state index contributed by atoms with van der Waals surface area (Å²) in [6, 6.07) is 5.69. The zero-order valence-corrected chi connectivity index (χ0v) is 15.5. The van der Waals surface area contributed by atoms with Crippen LogP contribution in [0.1, 0.15) is 0 Å². The summed E-state index contributed by atoms with van der Waals surface area (Å²) < 4.78 is 0. The molecule has 3 heterocycles. The lowest BCUT2D eigenvalue weighted by molar-refractivity contribution is -0.129. The van der Waals surface area contributed by atoms with E-state index in [0.717, 1.165) is 16.9 Å². The largest absolute Gasteiger partial charge is 0.374 e. The molecule has 2 aromatic rings. The Morgan fingerprint density at radius 3 is 2.89 bits per heavy atom. The van der Waals surface area contributed by atoms with Gasteiger partial charge in [-0.15, -0.1) is 0 Å². The number of pyridine rings is 2. The van der Waals surface area contributed by atoms with E-state index in [4.69, 9.17) is 0 Å². The molecule has 8 nitrogen and oxygen atoms in total. The number of hydrogen-bond acceptors (Lipinski definition) is 6. The van der Waals surface area contributed by atoms with Crippen molar-refractivity contribution >= 4 is 17.4 Å². The Labute approximate surface area is 157 Å². The fourth-order valence-electron chi connectivity index (χ4n) is 2.86. The number of aromatic nitrogens is 2. The number of aromatic amines is 1. The number of anilines is 2. The van der Waals surface area contributed by atoms with Crippen LogP contribution in [-0.2, 0) is 4.79 Å². The molecule has 4 N–H and O–H groups in total. The van der Waals surface area contributed by atoms with E-state index in [9.17, 15) is 9.59 Å². The first-order valence-corrected chi connectivity index (χ1v) is 8.84. The zero-order chi connectivity index (χ0) is 19.2. The average molecular weight is 368 g/mol. The van der Waals surface area contributed by atoms with Crippen molar-refractivity contribution in [1.29, 1.82) is 0 Å². The Morgan fingerprint density at radius 2 is 2.15 bits per heavy atom. The van der Waals surface area contributed by atoms with Gasteiger partial charge in [-0.25, -0.2) is 4.98 Å². The predicted octanol–water partition coefficient (Wildman–Crippen LogP) is 0.877. The molecule has 0 aromatic carbocycles. The zero-order valence-electron chi connectivity index (χ0n) is 15.5. The van der Waals surface area contributed by atoms with Crippen molar-refractivity contribution in [2.24, 2.45) is 0 Å². The molecule has 0 unspecified atom stereocenters. The second-order valence-electron chi connectivity index (χ2n) is 6.36. The Kier molecular flexibility index (Phi) is 5.87. The lowest BCUT2D eigenvalue weighted by atomic mass is 10.1. The van der Waals surface area contributed by atoms with Crippen molar-refractivity contribution in [3.8, 4) is 11.1 Å². The first-order valence-electron chi connectivity index (χ1n) is 8.84. The summed E-state index contributed by atoms with van der Waals surface area (Å²) in [6.45, 7) is 1.81. The normalized spacial score (nSPS) is 14.2. The van der Waals surface area contributed by atoms with E-state index >= 15 is 0 Å². The predicted molar refractivity (Wildman–Crippen MR) is 107 cm³/mol. The number of H-pyrrole nitrogens is 1. The molecule has 0 saturated carbocycles. The van der Waals surface area contributed by atoms with Crippen LogP contribution in [0, 0.1) is 0 Å². The number of hydrogen-bond donors (Lipinski definition) is 4. The molecule has 3 rings (SSSR count). The maximum absolute atomic E-state index is 12.1. The van der Waals surface area contributed by atoms with E-state index < -0.39 is 0 Å². The molecular weight excluding hydrogens is 344 g/mol. The maximum atomic E-state index is 12.1. The van der Waals surface area contributed by atoms with E-state index in [1.807, 2.05) is 32.3 Å². The topological polar surface area (TPSA) is 102 Å². The molecule has 0 radical (unpaired) electrons. The van der Waals surface area contributed by atoms with Gasteiger partial charge in [-0.05, 0) is 30.8 Å². The minimum absolute atomic E-state index is 0.0117. The number of carbonyl (C=O) groups is 1. The SMILES string of the molecule is CNCC=CC(=O)N1CC(Nc2cc(-c3ccnc(NC)c3)c[nH]c2=O)C1. The van der Waals surface area contributed by atoms with E-state index in [-0.39, 0.29) is 17.5 Å². The summed E-state index contributed by atoms with van der Waals surface area (Å²) in [5.74, 6) is 0.745. The van der Waals surface area contributed by atoms with Crippen LogP contribution < -0.4 is 21.5 Å². The Hall–Kier alpha value is -3.13. The van der Waals surface area contributed by atoms with Crippen molar-refractivity contribution in [3.05, 3.63) is 53.1 Å². The average Bonchev–Trinajstić information content (AvgIpc) is 2.65. The van der Waals surface area contributed by atoms with Crippen molar-refractivity contribution in [2.45, 2.75) is 6.04 Å². The van der Waals surface area contributed by atoms with Gasteiger partial charge >= 0.3 is 0 Å². The summed E-state index contributed by atoms with van der Waals surface area (Å²) in [7, 11) is 3.64. The van der Waals surface area contributed by atoms with Gasteiger partial charge < -0.3 is 25.8 Å². The number of likely N-dealkylation sites (N-methyl/N-ethyl adjacent to an activating group) is 1. The Balaban J connectivity index is 1.65. The monoisotopic (exact) mass is 368 g/mol. The molecule has 1 fully saturated rings. The highest BCUT2D eigenvalue weighted by Gasteiger charge is 2.29. The summed E-state index contributed by atoms with van der Waals surface area (Å²) in [6.07, 6.45) is 6.77. The third-order valence-corrected chi connectivity index (χ3v) is 4.39. The van der Waals surface area contributed by atoms with E-state index in [0.29, 0.717) is 25.3 Å². The van der Waals surface area contributed by atoms with Gasteiger partial charge in [0, 0.05) is 50.7 Å². The number of amides is 1. The Bertz CT molecular complexity index is 886. The van der Waals surface area contributed by atoms with Crippen LogP contribution in [0.25, 0.3) is 11.1 Å². The molecule has 1 saturated heterocycles. The molecule has 1 aliphatic heterocycles. The number of rotatable bonds is 7. The van der Waals surface area contributed by atoms with Gasteiger partial charge in [-0.2, -0.15) is 0 Å². The van der Waals surface area contributed by atoms with Crippen LogP contribution in [0.2, 0.25) is 0 Å². The highest BCUT2D eigenvalue weighted by Crippen LogP contribution is 2.22. The second kappa shape index (κ2) is 8.50. The minimum Gasteiger partial charge on any atom is -0.374 e. The lowest BCUT2D eigenvalue weighted by Gasteiger charge is -2.39. The first-order chi connectivity index (χ1) is 13.1. The molecule has 1 aliphatic rings. The summed E-state index contributed by atoms with van der Waals surface area (Å²) in [4.78, 5) is 32.8. The number of nitrogens with zero attached hydrogens (tertiary/aromatic N) is 2. The summed E-state index contributed by atoms with van der Waals surface area (Å²) in [5.41, 5.74) is 2.16. The standard InChI is InChI=1S/C19H24N6O2/c1-20-6-3-4-18(26)25-11-15(12-25)24-16-8-14(10-23-19(16)27)13-5-7-22-17(9-13)21-2/h3-5,7-10,15,20,24H,6,11-12H2,1-2H3,(H,21,22)(H,23,27). The van der Waals surface area contributed by atoms with Crippen molar-refractivity contribution in [1.82, 2.24) is 20.2 Å². The smallest absolute Gasteiger partial charge is 0.271 e. The summed E-state index contributed by atoms with van der Waals surface area (Å²) >= 11 is 0. The van der Waals surface area contributed by atoms with Gasteiger partial charge in [0.2, 0.25) is 5.91 Å². The van der Waals surface area contributed by atoms with Gasteiger partial charge in [0.15, 0.2) is 0 Å². The maximum Gasteiger partial charge on any atom is 0.271 e. The highest BCUT2D eigenvalue weighted by atomic mass is 16.2. The van der Waals surface area contributed by atoms with Crippen molar-refractivity contribution < 1.29 is 4.79 Å². The third-order valence-electron chi connectivity index (χ3n) is 4.39. The molecule has 1 amide bonds. The summed E-state index contributed by atoms with van der Waals surface area (Å²) in [5, 5.41) is 9.19. The molecule has 2 aromatic heterocycles. The fourth-order valence-corrected chi connectivity index (χ4v) is 2.86. The highest BCUT2D eigenvalue weighted by molar-refractivity contribution is 5.88. The van der Waals surface area contributed by atoms with Gasteiger partial charge in [0.25, 0.3) is 5.56 Å². The molecule has 0 aliphatic carbocycles. The van der Waals surface area contributed by atoms with E-state index in [1.54, 1.807) is 29.4 Å². The van der Waals surface area contributed by atoms with Crippen LogP contribution in [0.15, 0.2) is 47.5 Å². The van der Waals surface area contributed by atoms with Crippen LogP contribution in [0.3, 0.4) is 0 Å². The van der Waals surface area contributed by atoms with Gasteiger partial charge in [-0.3, -0.25) is 9.59 Å². The van der Waals surface area contributed by atoms with Crippen LogP contribution in [-0.4, -0.2) is 60.5 Å². The van der Waals surface area contributed by atoms with E-state index in [1.165, 1.54) is 0 Å². The van der Waals surface area contributed by atoms with Gasteiger partial charge in [0.1, 0.15) is 11.5 Å². The van der Waals surface area contributed by atoms with E-state index in [2.05, 4.69) is 25.9 Å². The number of nitrogens with one attached hydrogen (secondary N) is 4. The number of carbonyl (C=O) groups excluding carboxylic acids is 1. The van der Waals surface area contributed by atoms with Crippen LogP contribution in [0.4, 0.5) is 11.5 Å². The molecular formula is C19H24N6O2. The van der Waals surface area contributed by atoms with Crippen LogP contribution >= 0.6 is 0 Å². The first kappa shape index (κ1) is 18.7.